The first-order chi connectivity index (χ1) is 28.8. The Balaban J connectivity index is 1.34. The molecule has 0 bridgehead atoms. The standard InChI is InChI=1S/C50H48BrClF2O5/c1-2-56-43-26-23-36(24-27-43)29-41-30-42(25-28-45(41)52)49(51)48(59-34-40-21-13-6-14-22-40)47(58-33-39-19-11-5-12-20-39)46(57-32-38-17-9-4-10-18-38)44(50(49,53)54)35-55-31-37-15-7-3-8-16-37/h3-28,30,44,46-48H,2,29,31-35H2,1H3/t44-,46-,47+,48-,49?/m1/s1. The Labute approximate surface area is 359 Å². The zero-order chi connectivity index (χ0) is 41.1. The van der Waals surface area contributed by atoms with Gasteiger partial charge in [-0.2, -0.15) is 0 Å². The normalized spacial score (nSPS) is 21.2. The average Bonchev–Trinajstić information content (AvgIpc) is 3.27. The van der Waals surface area contributed by atoms with E-state index in [-0.39, 0.29) is 33.0 Å². The van der Waals surface area contributed by atoms with Crippen molar-refractivity contribution in [3.05, 3.63) is 208 Å². The van der Waals surface area contributed by atoms with E-state index in [9.17, 15) is 0 Å². The van der Waals surface area contributed by atoms with Crippen molar-refractivity contribution in [3.8, 4) is 5.75 Å². The Bertz CT molecular complexity index is 2180. The predicted molar refractivity (Wildman–Crippen MR) is 232 cm³/mol. The maximum Gasteiger partial charge on any atom is 0.277 e. The van der Waals surface area contributed by atoms with Gasteiger partial charge in [-0.3, -0.25) is 0 Å². The van der Waals surface area contributed by atoms with Crippen molar-refractivity contribution in [1.82, 2.24) is 0 Å². The van der Waals surface area contributed by atoms with Crippen molar-refractivity contribution in [2.24, 2.45) is 5.92 Å². The molecule has 0 radical (unpaired) electrons. The number of rotatable bonds is 18. The van der Waals surface area contributed by atoms with E-state index in [4.69, 9.17) is 35.3 Å². The van der Waals surface area contributed by atoms with Crippen molar-refractivity contribution in [2.75, 3.05) is 13.2 Å². The predicted octanol–water partition coefficient (Wildman–Crippen LogP) is 12.2. The van der Waals surface area contributed by atoms with Crippen LogP contribution < -0.4 is 4.74 Å². The molecule has 1 aliphatic rings. The second-order valence-corrected chi connectivity index (χ2v) is 16.4. The first kappa shape index (κ1) is 42.7. The molecule has 9 heteroatoms. The highest BCUT2D eigenvalue weighted by Gasteiger charge is 2.71. The van der Waals surface area contributed by atoms with Gasteiger partial charge in [-0.1, -0.05) is 173 Å². The zero-order valence-electron chi connectivity index (χ0n) is 32.9. The minimum absolute atomic E-state index is 0.0489. The summed E-state index contributed by atoms with van der Waals surface area (Å²) in [5.41, 5.74) is 5.37. The molecule has 1 saturated carbocycles. The Morgan fingerprint density at radius 3 is 1.59 bits per heavy atom. The first-order valence-electron chi connectivity index (χ1n) is 19.9. The Morgan fingerprint density at radius 2 is 1.07 bits per heavy atom. The molecule has 6 aromatic rings. The fourth-order valence-corrected chi connectivity index (χ4v) is 8.77. The molecule has 0 aromatic heterocycles. The minimum Gasteiger partial charge on any atom is -0.494 e. The summed E-state index contributed by atoms with van der Waals surface area (Å²) in [4.78, 5) is 0. The molecule has 0 saturated heterocycles. The molecule has 1 aliphatic carbocycles. The molecule has 0 N–H and O–H groups in total. The third kappa shape index (κ3) is 10.3. The van der Waals surface area contributed by atoms with Gasteiger partial charge in [0, 0.05) is 5.02 Å². The minimum atomic E-state index is -3.54. The fraction of sp³-hybridized carbons (Fsp3) is 0.280. The van der Waals surface area contributed by atoms with Gasteiger partial charge in [0.25, 0.3) is 5.92 Å². The van der Waals surface area contributed by atoms with Crippen molar-refractivity contribution < 1.29 is 32.5 Å². The van der Waals surface area contributed by atoms with Gasteiger partial charge >= 0.3 is 0 Å². The van der Waals surface area contributed by atoms with Crippen LogP contribution in [0.4, 0.5) is 8.78 Å². The van der Waals surface area contributed by atoms with E-state index in [1.54, 1.807) is 18.2 Å². The van der Waals surface area contributed by atoms with Crippen LogP contribution in [-0.2, 0) is 56.1 Å². The Morgan fingerprint density at radius 1 is 0.576 bits per heavy atom. The summed E-state index contributed by atoms with van der Waals surface area (Å²) < 4.78 is 66.8. The van der Waals surface area contributed by atoms with E-state index in [1.807, 2.05) is 153 Å². The number of hydrogen-bond donors (Lipinski definition) is 0. The topological polar surface area (TPSA) is 46.2 Å². The van der Waals surface area contributed by atoms with Gasteiger partial charge < -0.3 is 23.7 Å². The largest absolute Gasteiger partial charge is 0.494 e. The smallest absolute Gasteiger partial charge is 0.277 e. The highest BCUT2D eigenvalue weighted by atomic mass is 79.9. The fourth-order valence-electron chi connectivity index (χ4n) is 7.65. The van der Waals surface area contributed by atoms with E-state index in [1.165, 1.54) is 0 Å². The molecule has 5 nitrogen and oxygen atoms in total. The van der Waals surface area contributed by atoms with E-state index < -0.39 is 34.5 Å². The van der Waals surface area contributed by atoms with E-state index in [0.29, 0.717) is 29.2 Å². The van der Waals surface area contributed by atoms with Crippen LogP contribution in [0, 0.1) is 5.92 Å². The van der Waals surface area contributed by atoms with Crippen LogP contribution in [0.15, 0.2) is 164 Å². The maximum absolute atomic E-state index is 18.4. The molecule has 5 atom stereocenters. The monoisotopic (exact) mass is 880 g/mol. The molecular weight excluding hydrogens is 834 g/mol. The third-order valence-electron chi connectivity index (χ3n) is 10.7. The van der Waals surface area contributed by atoms with Gasteiger partial charge in [0.1, 0.15) is 22.3 Å². The third-order valence-corrected chi connectivity index (χ3v) is 12.5. The SMILES string of the molecule is CCOc1ccc(Cc2cc(C3(Br)[C@H](OCc4ccccc4)[C@@H](OCc4ccccc4)[C@H](OCc4ccccc4)[C@@H](COCc4ccccc4)C3(F)F)ccc2Cl)cc1. The molecule has 7 rings (SSSR count). The quantitative estimate of drug-likeness (QED) is 0.0805. The highest BCUT2D eigenvalue weighted by molar-refractivity contribution is 9.09. The molecule has 1 fully saturated rings. The lowest BCUT2D eigenvalue weighted by atomic mass is 9.69. The van der Waals surface area contributed by atoms with Crippen LogP contribution in [0.1, 0.15) is 45.9 Å². The van der Waals surface area contributed by atoms with E-state index >= 15 is 8.78 Å². The molecule has 6 aromatic carbocycles. The molecule has 59 heavy (non-hydrogen) atoms. The molecule has 0 amide bonds. The highest BCUT2D eigenvalue weighted by Crippen LogP contribution is 2.59. The van der Waals surface area contributed by atoms with Gasteiger partial charge in [0.2, 0.25) is 0 Å². The average molecular weight is 882 g/mol. The van der Waals surface area contributed by atoms with Gasteiger partial charge in [0.15, 0.2) is 0 Å². The summed E-state index contributed by atoms with van der Waals surface area (Å²) >= 11 is 10.6. The van der Waals surface area contributed by atoms with E-state index in [0.717, 1.165) is 33.6 Å². The van der Waals surface area contributed by atoms with Crippen LogP contribution in [0.2, 0.25) is 5.02 Å². The van der Waals surface area contributed by atoms with Crippen molar-refractivity contribution >= 4 is 27.5 Å². The van der Waals surface area contributed by atoms with Crippen molar-refractivity contribution in [1.29, 1.82) is 0 Å². The summed E-state index contributed by atoms with van der Waals surface area (Å²) in [6.45, 7) is 2.57. The lowest BCUT2D eigenvalue weighted by Crippen LogP contribution is -2.70. The Hall–Kier alpha value is -4.41. The summed E-state index contributed by atoms with van der Waals surface area (Å²) in [6, 6.07) is 51.1. The van der Waals surface area contributed by atoms with Crippen LogP contribution >= 0.6 is 27.5 Å². The number of alkyl halides is 3. The van der Waals surface area contributed by atoms with Crippen LogP contribution in [-0.4, -0.2) is 37.4 Å². The van der Waals surface area contributed by atoms with Crippen LogP contribution in [0.5, 0.6) is 5.75 Å². The van der Waals surface area contributed by atoms with Crippen LogP contribution in [0.3, 0.4) is 0 Å². The van der Waals surface area contributed by atoms with Crippen molar-refractivity contribution in [3.63, 3.8) is 0 Å². The molecule has 0 heterocycles. The van der Waals surface area contributed by atoms with Gasteiger partial charge in [-0.25, -0.2) is 8.78 Å². The maximum atomic E-state index is 18.4. The van der Waals surface area contributed by atoms with Crippen LogP contribution in [0.25, 0.3) is 0 Å². The summed E-state index contributed by atoms with van der Waals surface area (Å²) in [7, 11) is 0. The van der Waals surface area contributed by atoms with Gasteiger partial charge in [-0.15, -0.1) is 0 Å². The zero-order valence-corrected chi connectivity index (χ0v) is 35.2. The molecule has 1 unspecified atom stereocenters. The number of benzene rings is 6. The number of halogens is 4. The lowest BCUT2D eigenvalue weighted by molar-refractivity contribution is -0.278. The summed E-state index contributed by atoms with van der Waals surface area (Å²) in [6.07, 6.45) is -3.03. The second kappa shape index (κ2) is 20.2. The summed E-state index contributed by atoms with van der Waals surface area (Å²) in [5.74, 6) is -4.28. The summed E-state index contributed by atoms with van der Waals surface area (Å²) in [5, 5.41) is 0.461. The number of hydrogen-bond acceptors (Lipinski definition) is 5. The van der Waals surface area contributed by atoms with E-state index in [2.05, 4.69) is 15.9 Å². The number of ether oxygens (including phenoxy) is 5. The molecule has 0 spiro atoms. The lowest BCUT2D eigenvalue weighted by Gasteiger charge is -2.55. The Kier molecular flexibility index (Phi) is 14.6. The van der Waals surface area contributed by atoms with Gasteiger partial charge in [0.05, 0.1) is 51.7 Å². The van der Waals surface area contributed by atoms with Crippen molar-refractivity contribution in [2.45, 2.75) is 68.3 Å². The molecule has 0 aliphatic heterocycles. The molecule has 306 valence electrons. The molecular formula is C50H48BrClF2O5. The first-order valence-corrected chi connectivity index (χ1v) is 21.1. The van der Waals surface area contributed by atoms with Gasteiger partial charge in [-0.05, 0) is 70.5 Å². The second-order valence-electron chi connectivity index (χ2n) is 14.7.